The Morgan fingerprint density at radius 1 is 0.867 bits per heavy atom. The second-order valence-electron chi connectivity index (χ2n) is 7.14. The van der Waals surface area contributed by atoms with Crippen molar-refractivity contribution in [2.24, 2.45) is 5.73 Å². The van der Waals surface area contributed by atoms with Crippen LogP contribution in [0, 0.1) is 6.92 Å². The summed E-state index contributed by atoms with van der Waals surface area (Å²) < 4.78 is 11.9. The van der Waals surface area contributed by atoms with Crippen LogP contribution in [0.3, 0.4) is 0 Å². The molecular formula is C25H28N2O2S. The van der Waals surface area contributed by atoms with Gasteiger partial charge in [0.2, 0.25) is 0 Å². The van der Waals surface area contributed by atoms with Gasteiger partial charge in [-0.1, -0.05) is 54.1 Å². The Bertz CT molecular complexity index is 957. The average Bonchev–Trinajstić information content (AvgIpc) is 2.74. The number of nitrogens with one attached hydrogen (secondary N) is 1. The van der Waals surface area contributed by atoms with Gasteiger partial charge in [0.05, 0.1) is 13.2 Å². The number of thiocarbonyl (C=S) groups is 1. The second kappa shape index (κ2) is 11.2. The number of rotatable bonds is 10. The minimum atomic E-state index is 0.246. The number of unbranched alkanes of at least 4 members (excludes halogenated alkanes) is 2. The monoisotopic (exact) mass is 420 g/mol. The van der Waals surface area contributed by atoms with E-state index < -0.39 is 0 Å². The van der Waals surface area contributed by atoms with Gasteiger partial charge in [-0.3, -0.25) is 0 Å². The molecule has 0 saturated heterocycles. The molecule has 3 rings (SSSR count). The molecule has 0 aliphatic heterocycles. The molecule has 30 heavy (non-hydrogen) atoms. The summed E-state index contributed by atoms with van der Waals surface area (Å²) in [4.78, 5) is 0. The zero-order valence-corrected chi connectivity index (χ0v) is 18.1. The molecule has 5 heteroatoms. The Hall–Kier alpha value is -3.05. The van der Waals surface area contributed by atoms with Gasteiger partial charge in [-0.25, -0.2) is 0 Å². The van der Waals surface area contributed by atoms with Crippen molar-refractivity contribution in [3.8, 4) is 22.6 Å². The molecule has 0 atom stereocenters. The quantitative estimate of drug-likeness (QED) is 0.314. The highest BCUT2D eigenvalue weighted by Crippen LogP contribution is 2.30. The van der Waals surface area contributed by atoms with E-state index in [4.69, 9.17) is 27.4 Å². The molecule has 0 bridgehead atoms. The Morgan fingerprint density at radius 3 is 2.37 bits per heavy atom. The summed E-state index contributed by atoms with van der Waals surface area (Å²) in [6, 6.07) is 24.4. The Balaban J connectivity index is 1.39. The molecule has 0 saturated carbocycles. The van der Waals surface area contributed by atoms with Crippen molar-refractivity contribution in [1.29, 1.82) is 0 Å². The first-order valence-electron chi connectivity index (χ1n) is 10.2. The normalized spacial score (nSPS) is 10.4. The number of hydrogen-bond acceptors (Lipinski definition) is 3. The molecule has 4 nitrogen and oxygen atoms in total. The van der Waals surface area contributed by atoms with Crippen molar-refractivity contribution in [3.63, 3.8) is 0 Å². The zero-order valence-electron chi connectivity index (χ0n) is 17.3. The molecule has 0 fully saturated rings. The van der Waals surface area contributed by atoms with Crippen LogP contribution in [-0.2, 0) is 0 Å². The Labute approximate surface area is 184 Å². The molecule has 156 valence electrons. The van der Waals surface area contributed by atoms with Crippen LogP contribution in [0.4, 0.5) is 5.69 Å². The van der Waals surface area contributed by atoms with E-state index in [9.17, 15) is 0 Å². The van der Waals surface area contributed by atoms with Crippen molar-refractivity contribution in [3.05, 3.63) is 78.4 Å². The molecule has 0 spiro atoms. The summed E-state index contributed by atoms with van der Waals surface area (Å²) in [5.41, 5.74) is 9.90. The third-order valence-electron chi connectivity index (χ3n) is 4.67. The molecule has 0 unspecified atom stereocenters. The predicted molar refractivity (Wildman–Crippen MR) is 128 cm³/mol. The van der Waals surface area contributed by atoms with Gasteiger partial charge in [-0.2, -0.15) is 0 Å². The molecule has 0 aromatic heterocycles. The predicted octanol–water partition coefficient (Wildman–Crippen LogP) is 5.95. The Kier molecular flexibility index (Phi) is 8.10. The van der Waals surface area contributed by atoms with Gasteiger partial charge in [0, 0.05) is 17.3 Å². The maximum Gasteiger partial charge on any atom is 0.168 e. The minimum Gasteiger partial charge on any atom is -0.494 e. The smallest absolute Gasteiger partial charge is 0.168 e. The highest BCUT2D eigenvalue weighted by atomic mass is 32.1. The minimum absolute atomic E-state index is 0.246. The Morgan fingerprint density at radius 2 is 1.60 bits per heavy atom. The van der Waals surface area contributed by atoms with E-state index in [0.29, 0.717) is 13.2 Å². The fourth-order valence-corrected chi connectivity index (χ4v) is 3.24. The summed E-state index contributed by atoms with van der Waals surface area (Å²) in [7, 11) is 0. The molecule has 0 radical (unpaired) electrons. The van der Waals surface area contributed by atoms with Crippen LogP contribution < -0.4 is 20.5 Å². The first-order valence-corrected chi connectivity index (χ1v) is 10.6. The van der Waals surface area contributed by atoms with E-state index in [-0.39, 0.29) is 5.11 Å². The van der Waals surface area contributed by atoms with Crippen molar-refractivity contribution < 1.29 is 9.47 Å². The van der Waals surface area contributed by atoms with E-state index in [0.717, 1.165) is 42.0 Å². The number of para-hydroxylation sites is 1. The summed E-state index contributed by atoms with van der Waals surface area (Å²) >= 11 is 4.86. The van der Waals surface area contributed by atoms with Crippen LogP contribution in [0.1, 0.15) is 24.8 Å². The van der Waals surface area contributed by atoms with Gasteiger partial charge in [0.1, 0.15) is 11.5 Å². The molecule has 0 amide bonds. The van der Waals surface area contributed by atoms with Crippen molar-refractivity contribution in [2.45, 2.75) is 26.2 Å². The molecule has 0 heterocycles. The standard InChI is InChI=1S/C25H28N2O2S/c1-19-12-14-20(15-13-19)23-10-3-4-11-24(23)29-17-6-2-5-16-28-22-9-7-8-21(18-22)27-25(26)30/h3-4,7-15,18H,2,5-6,16-17H2,1H3,(H3,26,27,30). The largest absolute Gasteiger partial charge is 0.494 e. The lowest BCUT2D eigenvalue weighted by Crippen LogP contribution is -2.18. The maximum absolute atomic E-state index is 6.07. The number of nitrogens with two attached hydrogens (primary N) is 1. The van der Waals surface area contributed by atoms with E-state index >= 15 is 0 Å². The third kappa shape index (κ3) is 6.78. The maximum atomic E-state index is 6.07. The van der Waals surface area contributed by atoms with Crippen LogP contribution in [-0.4, -0.2) is 18.3 Å². The average molecular weight is 421 g/mol. The van der Waals surface area contributed by atoms with E-state index in [2.05, 4.69) is 42.6 Å². The van der Waals surface area contributed by atoms with E-state index in [1.54, 1.807) is 0 Å². The number of anilines is 1. The SMILES string of the molecule is Cc1ccc(-c2ccccc2OCCCCCOc2cccc(NC(N)=S)c2)cc1. The number of hydrogen-bond donors (Lipinski definition) is 2. The molecule has 0 aliphatic carbocycles. The van der Waals surface area contributed by atoms with Crippen LogP contribution in [0.2, 0.25) is 0 Å². The summed E-state index contributed by atoms with van der Waals surface area (Å²) in [6.07, 6.45) is 2.99. The van der Waals surface area contributed by atoms with E-state index in [1.807, 2.05) is 42.5 Å². The molecule has 3 aromatic carbocycles. The van der Waals surface area contributed by atoms with Crippen LogP contribution >= 0.6 is 12.2 Å². The summed E-state index contributed by atoms with van der Waals surface area (Å²) in [5.74, 6) is 1.74. The lowest BCUT2D eigenvalue weighted by molar-refractivity contribution is 0.280. The lowest BCUT2D eigenvalue weighted by atomic mass is 10.0. The summed E-state index contributed by atoms with van der Waals surface area (Å²) in [6.45, 7) is 3.45. The van der Waals surface area contributed by atoms with Gasteiger partial charge in [0.15, 0.2) is 5.11 Å². The third-order valence-corrected chi connectivity index (χ3v) is 4.77. The van der Waals surface area contributed by atoms with Crippen LogP contribution in [0.5, 0.6) is 11.5 Å². The van der Waals surface area contributed by atoms with Crippen LogP contribution in [0.25, 0.3) is 11.1 Å². The van der Waals surface area contributed by atoms with Gasteiger partial charge >= 0.3 is 0 Å². The first kappa shape index (κ1) is 21.7. The summed E-state index contributed by atoms with van der Waals surface area (Å²) in [5, 5.41) is 3.16. The second-order valence-corrected chi connectivity index (χ2v) is 7.58. The van der Waals surface area contributed by atoms with Gasteiger partial charge < -0.3 is 20.5 Å². The molecule has 3 N–H and O–H groups in total. The highest BCUT2D eigenvalue weighted by molar-refractivity contribution is 7.80. The zero-order chi connectivity index (χ0) is 21.2. The molecule has 3 aromatic rings. The van der Waals surface area contributed by atoms with Crippen LogP contribution in [0.15, 0.2) is 72.8 Å². The van der Waals surface area contributed by atoms with Crippen molar-refractivity contribution in [1.82, 2.24) is 0 Å². The fraction of sp³-hybridized carbons (Fsp3) is 0.240. The fourth-order valence-electron chi connectivity index (χ4n) is 3.12. The number of benzene rings is 3. The highest BCUT2D eigenvalue weighted by Gasteiger charge is 2.05. The number of aryl methyl sites for hydroxylation is 1. The number of ether oxygens (including phenoxy) is 2. The first-order chi connectivity index (χ1) is 14.6. The molecule has 0 aliphatic rings. The van der Waals surface area contributed by atoms with E-state index in [1.165, 1.54) is 11.1 Å². The van der Waals surface area contributed by atoms with Crippen molar-refractivity contribution >= 4 is 23.0 Å². The lowest BCUT2D eigenvalue weighted by Gasteiger charge is -2.12. The molecular weight excluding hydrogens is 392 g/mol. The topological polar surface area (TPSA) is 56.5 Å². The van der Waals surface area contributed by atoms with Gasteiger partial charge in [-0.05, 0) is 62.2 Å². The van der Waals surface area contributed by atoms with Gasteiger partial charge in [-0.15, -0.1) is 0 Å². The van der Waals surface area contributed by atoms with Crippen molar-refractivity contribution in [2.75, 3.05) is 18.5 Å². The van der Waals surface area contributed by atoms with Gasteiger partial charge in [0.25, 0.3) is 0 Å².